The fourth-order valence-electron chi connectivity index (χ4n) is 3.05. The van der Waals surface area contributed by atoms with E-state index in [0.29, 0.717) is 5.92 Å². The predicted molar refractivity (Wildman–Crippen MR) is 103 cm³/mol. The molecule has 0 unspecified atom stereocenters. The van der Waals surface area contributed by atoms with Crippen molar-refractivity contribution in [2.45, 2.75) is 46.6 Å². The molecule has 0 amide bonds. The zero-order valence-electron chi connectivity index (χ0n) is 15.7. The van der Waals surface area contributed by atoms with Crippen molar-refractivity contribution in [1.29, 1.82) is 0 Å². The molecule has 0 fully saturated rings. The number of benzene rings is 1. The zero-order chi connectivity index (χ0) is 18.2. The molecule has 0 saturated carbocycles. The quantitative estimate of drug-likeness (QED) is 0.687. The molecule has 3 rings (SSSR count). The van der Waals surface area contributed by atoms with Gasteiger partial charge in [0.15, 0.2) is 0 Å². The molecule has 132 valence electrons. The van der Waals surface area contributed by atoms with Gasteiger partial charge in [-0.3, -0.25) is 4.68 Å². The second kappa shape index (κ2) is 6.43. The highest BCUT2D eigenvalue weighted by Gasteiger charge is 2.21. The Kier molecular flexibility index (Phi) is 4.46. The van der Waals surface area contributed by atoms with E-state index < -0.39 is 0 Å². The third-order valence-electron chi connectivity index (χ3n) is 4.18. The van der Waals surface area contributed by atoms with Crippen molar-refractivity contribution < 1.29 is 5.11 Å². The van der Waals surface area contributed by atoms with Crippen LogP contribution in [0.3, 0.4) is 0 Å². The highest BCUT2D eigenvalue weighted by atomic mass is 16.3. The Balaban J connectivity index is 1.97. The molecule has 0 aliphatic rings. The van der Waals surface area contributed by atoms with Crippen LogP contribution in [0.4, 0.5) is 0 Å². The normalized spacial score (nSPS) is 12.1. The average molecular weight is 337 g/mol. The lowest BCUT2D eigenvalue weighted by Gasteiger charge is -2.23. The number of hydrogen-bond acceptors (Lipinski definition) is 2. The molecule has 3 aromatic rings. The largest absolute Gasteiger partial charge is 0.508 e. The van der Waals surface area contributed by atoms with Gasteiger partial charge < -0.3 is 10.1 Å². The lowest BCUT2D eigenvalue weighted by Crippen LogP contribution is -2.25. The first-order valence-corrected chi connectivity index (χ1v) is 8.82. The number of nitrogens with zero attached hydrogens (tertiary/aromatic N) is 2. The first kappa shape index (κ1) is 17.3. The number of hydrogen-bond donors (Lipinski definition) is 2. The maximum Gasteiger partial charge on any atom is 0.115 e. The van der Waals surface area contributed by atoms with Crippen molar-refractivity contribution in [2.75, 3.05) is 0 Å². The first-order chi connectivity index (χ1) is 11.7. The van der Waals surface area contributed by atoms with Gasteiger partial charge in [-0.25, -0.2) is 0 Å². The van der Waals surface area contributed by atoms with E-state index in [1.807, 2.05) is 12.1 Å². The van der Waals surface area contributed by atoms with Gasteiger partial charge in [-0.15, -0.1) is 0 Å². The van der Waals surface area contributed by atoms with E-state index in [2.05, 4.69) is 62.5 Å². The Hall–Kier alpha value is -2.49. The minimum absolute atomic E-state index is 0.0468. The number of H-pyrrole nitrogens is 1. The van der Waals surface area contributed by atoms with Gasteiger partial charge in [-0.05, 0) is 81.1 Å². The third-order valence-corrected chi connectivity index (χ3v) is 4.18. The predicted octanol–water partition coefficient (Wildman–Crippen LogP) is 5.20. The second-order valence-corrected chi connectivity index (χ2v) is 8.03. The number of rotatable bonds is 4. The SMILES string of the molecule is CC(C)Cc1cc(-c2ccc(-c3ccc(O)cc3)[nH]2)nn1C(C)(C)C. The Bertz CT molecular complexity index is 848. The minimum atomic E-state index is -0.0468. The van der Waals surface area contributed by atoms with E-state index in [1.165, 1.54) is 5.69 Å². The van der Waals surface area contributed by atoms with Crippen LogP contribution < -0.4 is 0 Å². The van der Waals surface area contributed by atoms with E-state index in [9.17, 15) is 5.11 Å². The number of aromatic nitrogens is 3. The Morgan fingerprint density at radius 3 is 2.28 bits per heavy atom. The molecule has 0 saturated heterocycles. The van der Waals surface area contributed by atoms with Crippen LogP contribution in [0.15, 0.2) is 42.5 Å². The standard InChI is InChI=1S/C21H27N3O/c1-14(2)12-16-13-20(23-24(16)21(3,4)5)19-11-10-18(22-19)15-6-8-17(25)9-7-15/h6-11,13-14,22,25H,12H2,1-5H3. The molecule has 25 heavy (non-hydrogen) atoms. The Morgan fingerprint density at radius 1 is 1.04 bits per heavy atom. The van der Waals surface area contributed by atoms with E-state index in [-0.39, 0.29) is 11.3 Å². The number of aromatic hydroxyl groups is 1. The van der Waals surface area contributed by atoms with Crippen molar-refractivity contribution in [3.8, 4) is 28.4 Å². The molecule has 0 aliphatic heterocycles. The van der Waals surface area contributed by atoms with Crippen LogP contribution in [-0.2, 0) is 12.0 Å². The molecule has 2 N–H and O–H groups in total. The number of aromatic amines is 1. The fraction of sp³-hybridized carbons (Fsp3) is 0.381. The summed E-state index contributed by atoms with van der Waals surface area (Å²) in [5.74, 6) is 0.861. The van der Waals surface area contributed by atoms with Gasteiger partial charge in [0.1, 0.15) is 11.4 Å². The third kappa shape index (κ3) is 3.78. The average Bonchev–Trinajstić information content (AvgIpc) is 3.13. The lowest BCUT2D eigenvalue weighted by molar-refractivity contribution is 0.339. The fourth-order valence-corrected chi connectivity index (χ4v) is 3.05. The maximum atomic E-state index is 9.45. The molecule has 0 bridgehead atoms. The highest BCUT2D eigenvalue weighted by Crippen LogP contribution is 2.28. The van der Waals surface area contributed by atoms with E-state index >= 15 is 0 Å². The summed E-state index contributed by atoms with van der Waals surface area (Å²) in [7, 11) is 0. The minimum Gasteiger partial charge on any atom is -0.508 e. The number of phenolic OH excluding ortho intramolecular Hbond substituents is 1. The molecule has 1 aromatic carbocycles. The van der Waals surface area contributed by atoms with Crippen LogP contribution in [0.25, 0.3) is 22.6 Å². The summed E-state index contributed by atoms with van der Waals surface area (Å²) in [6, 6.07) is 13.5. The van der Waals surface area contributed by atoms with Gasteiger partial charge in [0.25, 0.3) is 0 Å². The van der Waals surface area contributed by atoms with Crippen molar-refractivity contribution in [1.82, 2.24) is 14.8 Å². The molecule has 2 heterocycles. The van der Waals surface area contributed by atoms with Crippen LogP contribution >= 0.6 is 0 Å². The summed E-state index contributed by atoms with van der Waals surface area (Å²) in [4.78, 5) is 3.45. The van der Waals surface area contributed by atoms with Crippen LogP contribution in [-0.4, -0.2) is 19.9 Å². The van der Waals surface area contributed by atoms with Crippen LogP contribution in [0.1, 0.15) is 40.3 Å². The van der Waals surface area contributed by atoms with Gasteiger partial charge >= 0.3 is 0 Å². The van der Waals surface area contributed by atoms with Crippen molar-refractivity contribution in [3.05, 3.63) is 48.2 Å². The summed E-state index contributed by atoms with van der Waals surface area (Å²) >= 11 is 0. The molecule has 4 heteroatoms. The second-order valence-electron chi connectivity index (χ2n) is 8.03. The van der Waals surface area contributed by atoms with Gasteiger partial charge in [0.2, 0.25) is 0 Å². The Labute approximate surface area is 149 Å². The molecular weight excluding hydrogens is 310 g/mol. The molecule has 0 atom stereocenters. The number of phenols is 1. The highest BCUT2D eigenvalue weighted by molar-refractivity contribution is 5.67. The summed E-state index contributed by atoms with van der Waals surface area (Å²) in [6.45, 7) is 11.0. The molecule has 0 radical (unpaired) electrons. The molecule has 0 aliphatic carbocycles. The van der Waals surface area contributed by atoms with Crippen LogP contribution in [0.2, 0.25) is 0 Å². The van der Waals surface area contributed by atoms with Crippen molar-refractivity contribution in [3.63, 3.8) is 0 Å². The van der Waals surface area contributed by atoms with E-state index in [1.54, 1.807) is 12.1 Å². The summed E-state index contributed by atoms with van der Waals surface area (Å²) in [5, 5.41) is 14.3. The lowest BCUT2D eigenvalue weighted by atomic mass is 10.0. The van der Waals surface area contributed by atoms with Gasteiger partial charge in [-0.1, -0.05) is 13.8 Å². The Morgan fingerprint density at radius 2 is 1.68 bits per heavy atom. The summed E-state index contributed by atoms with van der Waals surface area (Å²) < 4.78 is 2.14. The molecule has 4 nitrogen and oxygen atoms in total. The van der Waals surface area contributed by atoms with Gasteiger partial charge in [-0.2, -0.15) is 5.10 Å². The van der Waals surface area contributed by atoms with E-state index in [4.69, 9.17) is 5.10 Å². The van der Waals surface area contributed by atoms with Crippen molar-refractivity contribution >= 4 is 0 Å². The summed E-state index contributed by atoms with van der Waals surface area (Å²) in [6.07, 6.45) is 1.01. The van der Waals surface area contributed by atoms with Gasteiger partial charge in [0.05, 0.1) is 11.2 Å². The van der Waals surface area contributed by atoms with E-state index in [0.717, 1.165) is 29.1 Å². The van der Waals surface area contributed by atoms with Crippen molar-refractivity contribution in [2.24, 2.45) is 5.92 Å². The smallest absolute Gasteiger partial charge is 0.115 e. The number of nitrogens with one attached hydrogen (secondary N) is 1. The topological polar surface area (TPSA) is 53.8 Å². The summed E-state index contributed by atoms with van der Waals surface area (Å²) in [5.41, 5.74) is 5.26. The monoisotopic (exact) mass is 337 g/mol. The molecule has 0 spiro atoms. The van der Waals surface area contributed by atoms with Crippen LogP contribution in [0, 0.1) is 5.92 Å². The molecular formula is C21H27N3O. The molecule has 2 aromatic heterocycles. The zero-order valence-corrected chi connectivity index (χ0v) is 15.7. The maximum absolute atomic E-state index is 9.45. The first-order valence-electron chi connectivity index (χ1n) is 8.82. The van der Waals surface area contributed by atoms with Gasteiger partial charge in [0, 0.05) is 11.4 Å². The van der Waals surface area contributed by atoms with Crippen LogP contribution in [0.5, 0.6) is 5.75 Å².